The van der Waals surface area contributed by atoms with E-state index in [1.165, 1.54) is 64.2 Å². The fraction of sp³-hybridized carbons (Fsp3) is 1.00. The molecule has 3 aliphatic rings. The van der Waals surface area contributed by atoms with Crippen LogP contribution in [0.5, 0.6) is 0 Å². The zero-order valence-corrected chi connectivity index (χ0v) is 16.3. The predicted octanol–water partition coefficient (Wildman–Crippen LogP) is 5.37. The van der Waals surface area contributed by atoms with Gasteiger partial charge in [-0.05, 0) is 69.1 Å². The molecule has 3 heteroatoms. The minimum Gasteiger partial charge on any atom is -0.378 e. The molecular formula is C19H33IO2. The van der Waals surface area contributed by atoms with E-state index in [0.29, 0.717) is 12.2 Å². The van der Waals surface area contributed by atoms with Crippen LogP contribution in [0.25, 0.3) is 0 Å². The predicted molar refractivity (Wildman–Crippen MR) is 99.6 cm³/mol. The van der Waals surface area contributed by atoms with Crippen molar-refractivity contribution >= 4 is 22.6 Å². The van der Waals surface area contributed by atoms with Gasteiger partial charge in [0.15, 0.2) is 0 Å². The smallest absolute Gasteiger partial charge is 0.0587 e. The van der Waals surface area contributed by atoms with Gasteiger partial charge in [-0.1, -0.05) is 42.4 Å². The van der Waals surface area contributed by atoms with Crippen molar-refractivity contribution in [2.45, 2.75) is 87.3 Å². The summed E-state index contributed by atoms with van der Waals surface area (Å²) in [4.78, 5) is 0. The summed E-state index contributed by atoms with van der Waals surface area (Å²) in [5.41, 5.74) is 0. The summed E-state index contributed by atoms with van der Waals surface area (Å²) in [6.45, 7) is 4.40. The van der Waals surface area contributed by atoms with Gasteiger partial charge < -0.3 is 9.47 Å². The molecule has 1 saturated carbocycles. The lowest BCUT2D eigenvalue weighted by molar-refractivity contribution is -0.0533. The quantitative estimate of drug-likeness (QED) is 0.450. The molecule has 22 heavy (non-hydrogen) atoms. The first-order valence-electron chi connectivity index (χ1n) is 9.58. The third-order valence-electron chi connectivity index (χ3n) is 6.26. The summed E-state index contributed by atoms with van der Waals surface area (Å²) >= 11 is 2.51. The monoisotopic (exact) mass is 420 g/mol. The van der Waals surface area contributed by atoms with E-state index in [2.05, 4.69) is 29.5 Å². The summed E-state index contributed by atoms with van der Waals surface area (Å²) in [7, 11) is 0. The van der Waals surface area contributed by atoms with Crippen LogP contribution in [0.4, 0.5) is 0 Å². The number of rotatable bonds is 4. The minimum atomic E-state index is 0.507. The van der Waals surface area contributed by atoms with Gasteiger partial charge in [-0.2, -0.15) is 0 Å². The lowest BCUT2D eigenvalue weighted by atomic mass is 9.74. The molecule has 2 nitrogen and oxygen atoms in total. The van der Waals surface area contributed by atoms with E-state index in [1.807, 2.05) is 0 Å². The van der Waals surface area contributed by atoms with Crippen molar-refractivity contribution in [1.29, 1.82) is 0 Å². The van der Waals surface area contributed by atoms with Crippen LogP contribution in [0.1, 0.15) is 71.1 Å². The summed E-state index contributed by atoms with van der Waals surface area (Å²) in [5.74, 6) is 2.78. The highest BCUT2D eigenvalue weighted by molar-refractivity contribution is 14.1. The van der Waals surface area contributed by atoms with Gasteiger partial charge in [0.05, 0.1) is 25.4 Å². The van der Waals surface area contributed by atoms with E-state index >= 15 is 0 Å². The highest BCUT2D eigenvalue weighted by Crippen LogP contribution is 2.38. The van der Waals surface area contributed by atoms with E-state index in [-0.39, 0.29) is 0 Å². The van der Waals surface area contributed by atoms with E-state index in [0.717, 1.165) is 34.9 Å². The van der Waals surface area contributed by atoms with Crippen molar-refractivity contribution in [3.8, 4) is 0 Å². The largest absolute Gasteiger partial charge is 0.378 e. The second kappa shape index (κ2) is 8.66. The molecule has 0 radical (unpaired) electrons. The van der Waals surface area contributed by atoms with Gasteiger partial charge in [-0.3, -0.25) is 0 Å². The zero-order valence-electron chi connectivity index (χ0n) is 14.1. The minimum absolute atomic E-state index is 0.507. The van der Waals surface area contributed by atoms with E-state index in [4.69, 9.17) is 9.47 Å². The van der Waals surface area contributed by atoms with Crippen molar-refractivity contribution in [3.05, 3.63) is 0 Å². The SMILES string of the molecule is CC1CCC(C2CCC(CCC3CCC(I)CO3)OC2)CC1. The van der Waals surface area contributed by atoms with Crippen LogP contribution in [-0.2, 0) is 9.47 Å². The van der Waals surface area contributed by atoms with Crippen molar-refractivity contribution in [2.75, 3.05) is 13.2 Å². The molecule has 1 aliphatic carbocycles. The molecule has 3 rings (SSSR count). The highest BCUT2D eigenvalue weighted by atomic mass is 127. The lowest BCUT2D eigenvalue weighted by Gasteiger charge is -2.37. The average molecular weight is 420 g/mol. The Morgan fingerprint density at radius 2 is 1.32 bits per heavy atom. The first-order valence-corrected chi connectivity index (χ1v) is 10.8. The Labute approximate surface area is 150 Å². The van der Waals surface area contributed by atoms with Crippen molar-refractivity contribution in [2.24, 2.45) is 17.8 Å². The van der Waals surface area contributed by atoms with Crippen LogP contribution in [0.3, 0.4) is 0 Å². The number of alkyl halides is 1. The molecule has 4 atom stereocenters. The molecular weight excluding hydrogens is 387 g/mol. The van der Waals surface area contributed by atoms with Crippen LogP contribution in [0.15, 0.2) is 0 Å². The van der Waals surface area contributed by atoms with E-state index in [9.17, 15) is 0 Å². The van der Waals surface area contributed by atoms with Gasteiger partial charge in [0.25, 0.3) is 0 Å². The lowest BCUT2D eigenvalue weighted by Crippen LogP contribution is -2.33. The van der Waals surface area contributed by atoms with E-state index in [1.54, 1.807) is 0 Å². The van der Waals surface area contributed by atoms with Crippen molar-refractivity contribution in [3.63, 3.8) is 0 Å². The van der Waals surface area contributed by atoms with Gasteiger partial charge in [0, 0.05) is 3.92 Å². The Balaban J connectivity index is 1.32. The zero-order chi connectivity index (χ0) is 15.4. The van der Waals surface area contributed by atoms with Crippen LogP contribution in [0, 0.1) is 17.8 Å². The third-order valence-corrected chi connectivity index (χ3v) is 7.24. The van der Waals surface area contributed by atoms with Crippen LogP contribution < -0.4 is 0 Å². The topological polar surface area (TPSA) is 18.5 Å². The second-order valence-corrected chi connectivity index (χ2v) is 9.78. The van der Waals surface area contributed by atoms with E-state index < -0.39 is 0 Å². The molecule has 0 bridgehead atoms. The molecule has 2 aliphatic heterocycles. The fourth-order valence-corrected chi connectivity index (χ4v) is 5.12. The summed E-state index contributed by atoms with van der Waals surface area (Å²) in [5, 5.41) is 0. The van der Waals surface area contributed by atoms with Gasteiger partial charge in [0.1, 0.15) is 0 Å². The molecule has 0 aromatic rings. The molecule has 128 valence electrons. The third kappa shape index (κ3) is 5.07. The number of halogens is 1. The maximum Gasteiger partial charge on any atom is 0.0587 e. The highest BCUT2D eigenvalue weighted by Gasteiger charge is 2.31. The Hall–Kier alpha value is 0.650. The molecule has 0 aromatic carbocycles. The Bertz CT molecular complexity index is 311. The number of ether oxygens (including phenoxy) is 2. The number of hydrogen-bond acceptors (Lipinski definition) is 2. The fourth-order valence-electron chi connectivity index (χ4n) is 4.56. The molecule has 0 N–H and O–H groups in total. The molecule has 4 unspecified atom stereocenters. The van der Waals surface area contributed by atoms with Gasteiger partial charge in [-0.25, -0.2) is 0 Å². The maximum absolute atomic E-state index is 6.23. The van der Waals surface area contributed by atoms with Crippen LogP contribution in [-0.4, -0.2) is 29.3 Å². The Morgan fingerprint density at radius 3 is 1.86 bits per heavy atom. The van der Waals surface area contributed by atoms with Gasteiger partial charge in [-0.15, -0.1) is 0 Å². The summed E-state index contributed by atoms with van der Waals surface area (Å²) in [6.07, 6.45) is 14.5. The second-order valence-electron chi connectivity index (χ2n) is 8.02. The first-order chi connectivity index (χ1) is 10.7. The summed E-state index contributed by atoms with van der Waals surface area (Å²) in [6, 6.07) is 0. The molecule has 2 heterocycles. The number of hydrogen-bond donors (Lipinski definition) is 0. The molecule has 2 saturated heterocycles. The maximum atomic E-state index is 6.23. The first kappa shape index (κ1) is 17.5. The van der Waals surface area contributed by atoms with Gasteiger partial charge >= 0.3 is 0 Å². The van der Waals surface area contributed by atoms with Gasteiger partial charge in [0.2, 0.25) is 0 Å². The molecule has 0 aromatic heterocycles. The molecule has 0 spiro atoms. The Morgan fingerprint density at radius 1 is 0.727 bits per heavy atom. The standard InChI is InChI=1S/C19H33IO2/c1-14-2-4-15(5-3-14)16-6-8-18(21-12-16)10-11-19-9-7-17(20)13-22-19/h14-19H,2-13H2,1H3. The normalized spacial score (nSPS) is 43.9. The summed E-state index contributed by atoms with van der Waals surface area (Å²) < 4.78 is 12.9. The molecule has 3 fully saturated rings. The Kier molecular flexibility index (Phi) is 6.88. The van der Waals surface area contributed by atoms with Crippen molar-refractivity contribution in [1.82, 2.24) is 0 Å². The molecule has 0 amide bonds. The van der Waals surface area contributed by atoms with Crippen LogP contribution in [0.2, 0.25) is 0 Å². The van der Waals surface area contributed by atoms with Crippen LogP contribution >= 0.6 is 22.6 Å². The average Bonchev–Trinajstić information content (AvgIpc) is 2.56. The van der Waals surface area contributed by atoms with Crippen molar-refractivity contribution < 1.29 is 9.47 Å².